The highest BCUT2D eigenvalue weighted by molar-refractivity contribution is 5.95. The Kier molecular flexibility index (Phi) is 3.34. The summed E-state index contributed by atoms with van der Waals surface area (Å²) in [5, 5.41) is 13.8. The molecule has 3 aromatic rings. The Labute approximate surface area is 125 Å². The van der Waals surface area contributed by atoms with Crippen LogP contribution in [-0.2, 0) is 4.74 Å². The summed E-state index contributed by atoms with van der Waals surface area (Å²) in [5.74, 6) is -0.0361. The topological polar surface area (TPSA) is 116 Å². The third-order valence-electron chi connectivity index (χ3n) is 2.99. The molecule has 3 N–H and O–H groups in total. The van der Waals surface area contributed by atoms with Crippen LogP contribution >= 0.6 is 0 Å². The van der Waals surface area contributed by atoms with Gasteiger partial charge >= 0.3 is 5.97 Å². The fourth-order valence-corrected chi connectivity index (χ4v) is 2.01. The Bertz CT molecular complexity index is 859. The maximum Gasteiger partial charge on any atom is 0.343 e. The van der Waals surface area contributed by atoms with Gasteiger partial charge in [-0.15, -0.1) is 5.10 Å². The molecule has 0 fully saturated rings. The van der Waals surface area contributed by atoms with E-state index in [1.807, 2.05) is 0 Å². The number of nitrogen functional groups attached to an aromatic ring is 1. The number of aromatic hydroxyl groups is 1. The molecule has 0 saturated heterocycles. The second-order valence-corrected chi connectivity index (χ2v) is 4.47. The average Bonchev–Trinajstić information content (AvgIpc) is 2.94. The van der Waals surface area contributed by atoms with Crippen LogP contribution in [-0.4, -0.2) is 37.3 Å². The monoisotopic (exact) mass is 299 g/mol. The van der Waals surface area contributed by atoms with Gasteiger partial charge in [-0.05, 0) is 19.1 Å². The predicted molar refractivity (Wildman–Crippen MR) is 78.3 cm³/mol. The molecule has 0 unspecified atom stereocenters. The molecule has 0 radical (unpaired) electrons. The third-order valence-corrected chi connectivity index (χ3v) is 2.99. The molecule has 0 aliphatic carbocycles. The molecule has 2 aromatic heterocycles. The van der Waals surface area contributed by atoms with Crippen molar-refractivity contribution in [2.75, 3.05) is 12.3 Å². The van der Waals surface area contributed by atoms with Crippen LogP contribution in [0.15, 0.2) is 30.5 Å². The van der Waals surface area contributed by atoms with Crippen molar-refractivity contribution in [1.29, 1.82) is 0 Å². The lowest BCUT2D eigenvalue weighted by Crippen LogP contribution is -2.10. The molecule has 0 saturated carbocycles. The van der Waals surface area contributed by atoms with Gasteiger partial charge in [0.15, 0.2) is 11.5 Å². The molecule has 22 heavy (non-hydrogen) atoms. The molecule has 8 heteroatoms. The number of rotatable bonds is 3. The number of nitrogens with two attached hydrogens (primary N) is 1. The van der Waals surface area contributed by atoms with Crippen LogP contribution in [0.25, 0.3) is 17.0 Å². The van der Waals surface area contributed by atoms with Gasteiger partial charge in [0.05, 0.1) is 6.61 Å². The van der Waals surface area contributed by atoms with Gasteiger partial charge in [-0.1, -0.05) is 12.1 Å². The van der Waals surface area contributed by atoms with Gasteiger partial charge in [0.25, 0.3) is 0 Å². The molecular weight excluding hydrogens is 286 g/mol. The van der Waals surface area contributed by atoms with E-state index in [2.05, 4.69) is 15.1 Å². The first-order valence-corrected chi connectivity index (χ1v) is 6.58. The lowest BCUT2D eigenvalue weighted by Gasteiger charge is -2.03. The van der Waals surface area contributed by atoms with Crippen molar-refractivity contribution in [3.05, 3.63) is 36.0 Å². The number of aromatic nitrogens is 4. The Balaban J connectivity index is 2.18. The minimum absolute atomic E-state index is 0.0908. The lowest BCUT2D eigenvalue weighted by atomic mass is 10.2. The minimum atomic E-state index is -0.546. The van der Waals surface area contributed by atoms with E-state index in [9.17, 15) is 9.90 Å². The third kappa shape index (κ3) is 2.30. The minimum Gasteiger partial charge on any atom is -0.508 e. The largest absolute Gasteiger partial charge is 0.508 e. The summed E-state index contributed by atoms with van der Waals surface area (Å²) in [7, 11) is 0. The molecule has 0 bridgehead atoms. The summed E-state index contributed by atoms with van der Waals surface area (Å²) in [6.07, 6.45) is 1.31. The fraction of sp³-hybridized carbons (Fsp3) is 0.143. The number of phenolic OH excluding ortho intramolecular Hbond substituents is 1. The van der Waals surface area contributed by atoms with Gasteiger partial charge in [0, 0.05) is 11.8 Å². The molecule has 112 valence electrons. The first kappa shape index (κ1) is 13.8. The number of hydrogen-bond donors (Lipinski definition) is 2. The molecule has 0 atom stereocenters. The molecule has 0 spiro atoms. The number of phenols is 1. The van der Waals surface area contributed by atoms with Crippen LogP contribution < -0.4 is 5.73 Å². The zero-order valence-electron chi connectivity index (χ0n) is 11.7. The standard InChI is InChI=1S/C14H13N5O3/c1-2-22-13(21)10-7-16-14(15)19-12(10)17-11(18-19)8-4-3-5-9(20)6-8/h3-7,20H,2H2,1H3,(H2,15,16). The van der Waals surface area contributed by atoms with Gasteiger partial charge in [0.2, 0.25) is 5.95 Å². The zero-order chi connectivity index (χ0) is 15.7. The number of nitrogens with zero attached hydrogens (tertiary/aromatic N) is 4. The molecule has 3 rings (SSSR count). The molecule has 8 nitrogen and oxygen atoms in total. The van der Waals surface area contributed by atoms with Crippen molar-refractivity contribution in [3.8, 4) is 17.1 Å². The van der Waals surface area contributed by atoms with Gasteiger partial charge in [0.1, 0.15) is 11.3 Å². The van der Waals surface area contributed by atoms with Crippen LogP contribution in [0.2, 0.25) is 0 Å². The number of carbonyl (C=O) groups is 1. The lowest BCUT2D eigenvalue weighted by molar-refractivity contribution is 0.0527. The van der Waals surface area contributed by atoms with E-state index in [0.717, 1.165) is 0 Å². The van der Waals surface area contributed by atoms with E-state index in [1.54, 1.807) is 25.1 Å². The molecule has 0 amide bonds. The Morgan fingerprint density at radius 3 is 3.00 bits per heavy atom. The highest BCUT2D eigenvalue weighted by atomic mass is 16.5. The number of carbonyl (C=O) groups excluding carboxylic acids is 1. The first-order chi connectivity index (χ1) is 10.6. The van der Waals surface area contributed by atoms with Crippen molar-refractivity contribution in [2.45, 2.75) is 6.92 Å². The highest BCUT2D eigenvalue weighted by Gasteiger charge is 2.18. The van der Waals surface area contributed by atoms with Crippen molar-refractivity contribution < 1.29 is 14.6 Å². The van der Waals surface area contributed by atoms with E-state index in [4.69, 9.17) is 10.5 Å². The number of esters is 1. The number of anilines is 1. The van der Waals surface area contributed by atoms with Gasteiger partial charge < -0.3 is 15.6 Å². The van der Waals surface area contributed by atoms with Crippen LogP contribution in [0.3, 0.4) is 0 Å². The second-order valence-electron chi connectivity index (χ2n) is 4.47. The van der Waals surface area contributed by atoms with Crippen molar-refractivity contribution in [3.63, 3.8) is 0 Å². The van der Waals surface area contributed by atoms with Crippen LogP contribution in [0.4, 0.5) is 5.95 Å². The van der Waals surface area contributed by atoms with Crippen LogP contribution in [0, 0.1) is 0 Å². The van der Waals surface area contributed by atoms with Gasteiger partial charge in [-0.3, -0.25) is 0 Å². The quantitative estimate of drug-likeness (QED) is 0.699. The van der Waals surface area contributed by atoms with Crippen molar-refractivity contribution >= 4 is 17.6 Å². The number of hydrogen-bond acceptors (Lipinski definition) is 7. The van der Waals surface area contributed by atoms with Crippen molar-refractivity contribution in [2.24, 2.45) is 0 Å². The Hall–Kier alpha value is -3.16. The number of ether oxygens (including phenoxy) is 1. The van der Waals surface area contributed by atoms with Crippen LogP contribution in [0.5, 0.6) is 5.75 Å². The number of fused-ring (bicyclic) bond motifs is 1. The molecule has 1 aromatic carbocycles. The van der Waals surface area contributed by atoms with Crippen LogP contribution in [0.1, 0.15) is 17.3 Å². The van der Waals surface area contributed by atoms with E-state index in [0.29, 0.717) is 11.4 Å². The first-order valence-electron chi connectivity index (χ1n) is 6.58. The summed E-state index contributed by atoms with van der Waals surface area (Å²) >= 11 is 0. The maximum atomic E-state index is 11.9. The van der Waals surface area contributed by atoms with Gasteiger partial charge in [-0.2, -0.15) is 4.52 Å². The number of benzene rings is 1. The molecule has 0 aliphatic heterocycles. The predicted octanol–water partition coefficient (Wildman–Crippen LogP) is 1.26. The highest BCUT2D eigenvalue weighted by Crippen LogP contribution is 2.22. The summed E-state index contributed by atoms with van der Waals surface area (Å²) in [6.45, 7) is 1.95. The Morgan fingerprint density at radius 2 is 2.27 bits per heavy atom. The van der Waals surface area contributed by atoms with E-state index >= 15 is 0 Å². The smallest absolute Gasteiger partial charge is 0.343 e. The molecular formula is C14H13N5O3. The van der Waals surface area contributed by atoms with E-state index in [1.165, 1.54) is 16.8 Å². The SMILES string of the molecule is CCOC(=O)c1cnc(N)n2nc(-c3cccc(O)c3)nc12. The van der Waals surface area contributed by atoms with Crippen molar-refractivity contribution in [1.82, 2.24) is 19.6 Å². The van der Waals surface area contributed by atoms with Gasteiger partial charge in [-0.25, -0.2) is 14.8 Å². The average molecular weight is 299 g/mol. The summed E-state index contributed by atoms with van der Waals surface area (Å²) in [5.41, 5.74) is 6.79. The van der Waals surface area contributed by atoms with E-state index in [-0.39, 0.29) is 29.5 Å². The summed E-state index contributed by atoms with van der Waals surface area (Å²) in [6, 6.07) is 6.47. The maximum absolute atomic E-state index is 11.9. The Morgan fingerprint density at radius 1 is 1.45 bits per heavy atom. The summed E-state index contributed by atoms with van der Waals surface area (Å²) < 4.78 is 6.24. The fourth-order valence-electron chi connectivity index (χ4n) is 2.01. The zero-order valence-corrected chi connectivity index (χ0v) is 11.7. The normalized spacial score (nSPS) is 10.8. The molecule has 2 heterocycles. The second kappa shape index (κ2) is 5.32. The van der Waals surface area contributed by atoms with E-state index < -0.39 is 5.97 Å². The summed E-state index contributed by atoms with van der Waals surface area (Å²) in [4.78, 5) is 20.2. The molecule has 0 aliphatic rings.